The van der Waals surface area contributed by atoms with Crippen LogP contribution in [0.3, 0.4) is 0 Å². The molecular weight excluding hydrogens is 282 g/mol. The maximum Gasteiger partial charge on any atom is 0.172 e. The molecule has 0 saturated heterocycles. The van der Waals surface area contributed by atoms with Gasteiger partial charge in [0.1, 0.15) is 0 Å². The average Bonchev–Trinajstić information content (AvgIpc) is 2.76. The number of halogens is 1. The third-order valence-electron chi connectivity index (χ3n) is 3.90. The molecule has 0 bridgehead atoms. The lowest BCUT2D eigenvalue weighted by Gasteiger charge is -2.31. The largest absolute Gasteiger partial charge is 0.504 e. The van der Waals surface area contributed by atoms with Crippen LogP contribution in [-0.2, 0) is 5.41 Å². The van der Waals surface area contributed by atoms with Crippen LogP contribution in [0, 0.1) is 6.92 Å². The highest BCUT2D eigenvalue weighted by atomic mass is 79.9. The number of rotatable bonds is 2. The van der Waals surface area contributed by atoms with Gasteiger partial charge in [0.05, 0.1) is 4.47 Å². The predicted molar refractivity (Wildman–Crippen MR) is 71.4 cm³/mol. The van der Waals surface area contributed by atoms with E-state index in [-0.39, 0.29) is 16.9 Å². The molecule has 1 aromatic rings. The van der Waals surface area contributed by atoms with Crippen LogP contribution in [0.4, 0.5) is 0 Å². The summed E-state index contributed by atoms with van der Waals surface area (Å²) in [5.41, 5.74) is 7.96. The Morgan fingerprint density at radius 1 is 1.35 bits per heavy atom. The summed E-state index contributed by atoms with van der Waals surface area (Å²) in [5.74, 6) is -0.159. The van der Waals surface area contributed by atoms with E-state index in [0.29, 0.717) is 11.0 Å². The summed E-state index contributed by atoms with van der Waals surface area (Å²) in [6.45, 7) is 2.53. The molecule has 94 valence electrons. The summed E-state index contributed by atoms with van der Waals surface area (Å²) < 4.78 is 0.599. The second kappa shape index (κ2) is 4.50. The van der Waals surface area contributed by atoms with E-state index < -0.39 is 0 Å². The fourth-order valence-corrected chi connectivity index (χ4v) is 3.94. The average molecular weight is 300 g/mol. The molecule has 1 aromatic carbocycles. The summed E-state index contributed by atoms with van der Waals surface area (Å²) >= 11 is 3.40. The quantitative estimate of drug-likeness (QED) is 0.736. The molecule has 0 spiro atoms. The van der Waals surface area contributed by atoms with E-state index in [2.05, 4.69) is 15.9 Å². The Labute approximate surface area is 110 Å². The minimum absolute atomic E-state index is 0.0475. The molecule has 1 aliphatic rings. The number of phenols is 2. The van der Waals surface area contributed by atoms with E-state index >= 15 is 0 Å². The van der Waals surface area contributed by atoms with Crippen LogP contribution in [0.2, 0.25) is 0 Å². The number of aryl methyl sites for hydroxylation is 1. The van der Waals surface area contributed by atoms with Crippen molar-refractivity contribution in [2.75, 3.05) is 6.54 Å². The molecule has 1 fully saturated rings. The monoisotopic (exact) mass is 299 g/mol. The first kappa shape index (κ1) is 12.7. The van der Waals surface area contributed by atoms with E-state index in [1.165, 1.54) is 12.8 Å². The van der Waals surface area contributed by atoms with Crippen LogP contribution < -0.4 is 5.73 Å². The molecule has 0 amide bonds. The molecule has 0 unspecified atom stereocenters. The number of benzene rings is 1. The van der Waals surface area contributed by atoms with Crippen molar-refractivity contribution in [2.45, 2.75) is 38.0 Å². The molecule has 3 nitrogen and oxygen atoms in total. The fraction of sp³-hybridized carbons (Fsp3) is 0.538. The maximum atomic E-state index is 9.84. The van der Waals surface area contributed by atoms with Crippen molar-refractivity contribution in [1.82, 2.24) is 0 Å². The lowest BCUT2D eigenvalue weighted by atomic mass is 9.77. The summed E-state index contributed by atoms with van der Waals surface area (Å²) in [6.07, 6.45) is 4.44. The Morgan fingerprint density at radius 3 is 2.47 bits per heavy atom. The van der Waals surface area contributed by atoms with E-state index in [9.17, 15) is 10.2 Å². The van der Waals surface area contributed by atoms with Gasteiger partial charge in [-0.1, -0.05) is 12.8 Å². The van der Waals surface area contributed by atoms with Crippen LogP contribution in [0.15, 0.2) is 10.5 Å². The standard InChI is InChI=1S/C13H18BrNO2/c1-8-6-9(16)12(17)11(14)10(8)13(7-15)4-2-3-5-13/h6,16-17H,2-5,7,15H2,1H3. The van der Waals surface area contributed by atoms with Gasteiger partial charge in [-0.2, -0.15) is 0 Å². The van der Waals surface area contributed by atoms with Crippen molar-refractivity contribution in [3.63, 3.8) is 0 Å². The van der Waals surface area contributed by atoms with E-state index in [1.54, 1.807) is 6.07 Å². The van der Waals surface area contributed by atoms with Crippen molar-refractivity contribution in [3.05, 3.63) is 21.7 Å². The molecule has 4 heteroatoms. The molecule has 0 aliphatic heterocycles. The smallest absolute Gasteiger partial charge is 0.172 e. The Bertz CT molecular complexity index is 440. The zero-order valence-corrected chi connectivity index (χ0v) is 11.5. The Balaban J connectivity index is 2.62. The van der Waals surface area contributed by atoms with Crippen molar-refractivity contribution in [1.29, 1.82) is 0 Å². The zero-order chi connectivity index (χ0) is 12.6. The maximum absolute atomic E-state index is 9.84. The van der Waals surface area contributed by atoms with Crippen molar-refractivity contribution in [3.8, 4) is 11.5 Å². The zero-order valence-electron chi connectivity index (χ0n) is 9.96. The molecule has 0 radical (unpaired) electrons. The van der Waals surface area contributed by atoms with Crippen LogP contribution in [0.1, 0.15) is 36.8 Å². The highest BCUT2D eigenvalue weighted by Crippen LogP contribution is 2.49. The fourth-order valence-electron chi connectivity index (χ4n) is 3.01. The molecular formula is C13H18BrNO2. The van der Waals surface area contributed by atoms with Gasteiger partial charge in [0.15, 0.2) is 11.5 Å². The van der Waals surface area contributed by atoms with Crippen molar-refractivity contribution >= 4 is 15.9 Å². The summed E-state index contributed by atoms with van der Waals surface area (Å²) in [7, 11) is 0. The number of phenolic OH excluding ortho intramolecular Hbond substituents is 2. The van der Waals surface area contributed by atoms with Gasteiger partial charge in [-0.15, -0.1) is 0 Å². The van der Waals surface area contributed by atoms with Crippen LogP contribution >= 0.6 is 15.9 Å². The number of nitrogens with two attached hydrogens (primary N) is 1. The third-order valence-corrected chi connectivity index (χ3v) is 4.67. The second-order valence-corrected chi connectivity index (χ2v) is 5.73. The molecule has 17 heavy (non-hydrogen) atoms. The van der Waals surface area contributed by atoms with Gasteiger partial charge in [0.2, 0.25) is 0 Å². The van der Waals surface area contributed by atoms with Crippen molar-refractivity contribution < 1.29 is 10.2 Å². The first-order chi connectivity index (χ1) is 8.02. The molecule has 0 heterocycles. The van der Waals surface area contributed by atoms with Gasteiger partial charge >= 0.3 is 0 Å². The number of hydrogen-bond acceptors (Lipinski definition) is 3. The molecule has 0 aromatic heterocycles. The highest BCUT2D eigenvalue weighted by Gasteiger charge is 2.38. The van der Waals surface area contributed by atoms with Gasteiger partial charge in [0, 0.05) is 12.0 Å². The van der Waals surface area contributed by atoms with Crippen LogP contribution in [0.5, 0.6) is 11.5 Å². The molecule has 1 saturated carbocycles. The SMILES string of the molecule is Cc1cc(O)c(O)c(Br)c1C1(CN)CCCC1. The normalized spacial score (nSPS) is 18.5. The Hall–Kier alpha value is -0.740. The minimum atomic E-state index is -0.0803. The first-order valence-corrected chi connectivity index (χ1v) is 6.73. The van der Waals surface area contributed by atoms with Crippen LogP contribution in [-0.4, -0.2) is 16.8 Å². The van der Waals surface area contributed by atoms with E-state index in [0.717, 1.165) is 24.0 Å². The van der Waals surface area contributed by atoms with Crippen molar-refractivity contribution in [2.24, 2.45) is 5.73 Å². The van der Waals surface area contributed by atoms with Gasteiger partial charge in [-0.3, -0.25) is 0 Å². The minimum Gasteiger partial charge on any atom is -0.504 e. The summed E-state index contributed by atoms with van der Waals surface area (Å²) in [6, 6.07) is 1.62. The summed E-state index contributed by atoms with van der Waals surface area (Å²) in [5, 5.41) is 19.4. The second-order valence-electron chi connectivity index (χ2n) is 4.94. The Kier molecular flexibility index (Phi) is 3.36. The lowest BCUT2D eigenvalue weighted by molar-refractivity contribution is 0.392. The summed E-state index contributed by atoms with van der Waals surface area (Å²) in [4.78, 5) is 0. The predicted octanol–water partition coefficient (Wildman–Crippen LogP) is 2.94. The molecule has 0 atom stereocenters. The first-order valence-electron chi connectivity index (χ1n) is 5.93. The molecule has 1 aliphatic carbocycles. The number of hydrogen-bond donors (Lipinski definition) is 3. The highest BCUT2D eigenvalue weighted by molar-refractivity contribution is 9.10. The van der Waals surface area contributed by atoms with Gasteiger partial charge < -0.3 is 15.9 Å². The Morgan fingerprint density at radius 2 is 1.94 bits per heavy atom. The molecule has 4 N–H and O–H groups in total. The third kappa shape index (κ3) is 1.93. The van der Waals surface area contributed by atoms with E-state index in [4.69, 9.17) is 5.73 Å². The van der Waals surface area contributed by atoms with Gasteiger partial charge in [0.25, 0.3) is 0 Å². The lowest BCUT2D eigenvalue weighted by Crippen LogP contribution is -2.33. The van der Waals surface area contributed by atoms with Gasteiger partial charge in [-0.05, 0) is 52.9 Å². The van der Waals surface area contributed by atoms with Crippen LogP contribution in [0.25, 0.3) is 0 Å². The number of aromatic hydroxyl groups is 2. The van der Waals surface area contributed by atoms with E-state index in [1.807, 2.05) is 6.92 Å². The van der Waals surface area contributed by atoms with Gasteiger partial charge in [-0.25, -0.2) is 0 Å². The molecule has 2 rings (SSSR count). The topological polar surface area (TPSA) is 66.5 Å².